The Hall–Kier alpha value is -1.14. The van der Waals surface area contributed by atoms with E-state index in [0.29, 0.717) is 32.8 Å². The summed E-state index contributed by atoms with van der Waals surface area (Å²) in [5.41, 5.74) is 5.36. The largest absolute Gasteiger partial charge is 0.369 e. The molecule has 2 unspecified atom stereocenters. The van der Waals surface area contributed by atoms with Crippen LogP contribution in [0.2, 0.25) is 0 Å². The third-order valence-electron chi connectivity index (χ3n) is 3.31. The van der Waals surface area contributed by atoms with Gasteiger partial charge in [-0.2, -0.15) is 0 Å². The first-order chi connectivity index (χ1) is 9.10. The molecule has 19 heavy (non-hydrogen) atoms. The van der Waals surface area contributed by atoms with Gasteiger partial charge in [0.2, 0.25) is 5.91 Å². The highest BCUT2D eigenvalue weighted by atomic mass is 16.5. The van der Waals surface area contributed by atoms with Gasteiger partial charge in [0.15, 0.2) is 0 Å². The summed E-state index contributed by atoms with van der Waals surface area (Å²) in [4.78, 5) is 25.7. The van der Waals surface area contributed by atoms with Crippen LogP contribution >= 0.6 is 0 Å². The molecule has 2 amide bonds. The summed E-state index contributed by atoms with van der Waals surface area (Å²) in [5, 5.41) is 2.78. The van der Waals surface area contributed by atoms with E-state index in [-0.39, 0.29) is 17.7 Å². The van der Waals surface area contributed by atoms with Crippen LogP contribution < -0.4 is 11.1 Å². The number of likely N-dealkylation sites (tertiary alicyclic amines) is 1. The number of rotatable bonds is 6. The zero-order valence-electron chi connectivity index (χ0n) is 11.9. The number of ether oxygens (including phenoxy) is 1. The van der Waals surface area contributed by atoms with Crippen molar-refractivity contribution in [2.45, 2.75) is 32.8 Å². The molecule has 110 valence electrons. The highest BCUT2D eigenvalue weighted by molar-refractivity contribution is 5.83. The van der Waals surface area contributed by atoms with E-state index in [4.69, 9.17) is 10.5 Å². The average molecular weight is 271 g/mol. The number of hydrogen-bond donors (Lipinski definition) is 2. The number of amides is 2. The van der Waals surface area contributed by atoms with Gasteiger partial charge in [-0.05, 0) is 26.7 Å². The maximum Gasteiger partial charge on any atom is 0.251 e. The Morgan fingerprint density at radius 2 is 2.26 bits per heavy atom. The Balaban J connectivity index is 2.49. The molecule has 1 heterocycles. The molecule has 0 aromatic heterocycles. The number of nitrogens with zero attached hydrogens (tertiary/aromatic N) is 1. The molecule has 1 fully saturated rings. The summed E-state index contributed by atoms with van der Waals surface area (Å²) >= 11 is 0. The predicted octanol–water partition coefficient (Wildman–Crippen LogP) is -0.275. The number of piperidine rings is 1. The standard InChI is InChI=1S/C13H25N3O3/c1-3-19-10(2)13(18)16-8-4-5-11(9-16)12(17)15-7-6-14/h10-11H,3-9,14H2,1-2H3,(H,15,17). The van der Waals surface area contributed by atoms with Crippen LogP contribution in [0.5, 0.6) is 0 Å². The first-order valence-corrected chi connectivity index (χ1v) is 6.98. The van der Waals surface area contributed by atoms with Crippen LogP contribution in [0.15, 0.2) is 0 Å². The maximum atomic E-state index is 12.1. The van der Waals surface area contributed by atoms with Gasteiger partial charge in [0, 0.05) is 32.8 Å². The van der Waals surface area contributed by atoms with E-state index in [1.165, 1.54) is 0 Å². The minimum atomic E-state index is -0.434. The lowest BCUT2D eigenvalue weighted by Gasteiger charge is -2.33. The minimum absolute atomic E-state index is 0.00740. The number of nitrogens with one attached hydrogen (secondary N) is 1. The fourth-order valence-corrected chi connectivity index (χ4v) is 2.31. The zero-order valence-corrected chi connectivity index (χ0v) is 11.9. The minimum Gasteiger partial charge on any atom is -0.369 e. The first kappa shape index (κ1) is 15.9. The monoisotopic (exact) mass is 271 g/mol. The quantitative estimate of drug-likeness (QED) is 0.696. The summed E-state index contributed by atoms with van der Waals surface area (Å²) in [6.07, 6.45) is 1.24. The lowest BCUT2D eigenvalue weighted by molar-refractivity contribution is -0.145. The van der Waals surface area contributed by atoms with Gasteiger partial charge in [0.25, 0.3) is 5.91 Å². The van der Waals surface area contributed by atoms with E-state index in [2.05, 4.69) is 5.32 Å². The molecular formula is C13H25N3O3. The highest BCUT2D eigenvalue weighted by Crippen LogP contribution is 2.17. The van der Waals surface area contributed by atoms with E-state index in [1.54, 1.807) is 11.8 Å². The summed E-state index contributed by atoms with van der Waals surface area (Å²) in [7, 11) is 0. The highest BCUT2D eigenvalue weighted by Gasteiger charge is 2.30. The van der Waals surface area contributed by atoms with Crippen LogP contribution in [0.1, 0.15) is 26.7 Å². The van der Waals surface area contributed by atoms with Crippen molar-refractivity contribution < 1.29 is 14.3 Å². The van der Waals surface area contributed by atoms with Gasteiger partial charge in [0.1, 0.15) is 6.10 Å². The summed E-state index contributed by atoms with van der Waals surface area (Å²) < 4.78 is 5.31. The van der Waals surface area contributed by atoms with Gasteiger partial charge in [-0.15, -0.1) is 0 Å². The summed E-state index contributed by atoms with van der Waals surface area (Å²) in [6, 6.07) is 0. The van der Waals surface area contributed by atoms with Crippen molar-refractivity contribution in [3.63, 3.8) is 0 Å². The fourth-order valence-electron chi connectivity index (χ4n) is 2.31. The topological polar surface area (TPSA) is 84.7 Å². The van der Waals surface area contributed by atoms with Gasteiger partial charge in [-0.25, -0.2) is 0 Å². The molecule has 0 spiro atoms. The Morgan fingerprint density at radius 3 is 2.89 bits per heavy atom. The van der Waals surface area contributed by atoms with E-state index in [0.717, 1.165) is 12.8 Å². The normalized spacial score (nSPS) is 21.0. The van der Waals surface area contributed by atoms with Gasteiger partial charge >= 0.3 is 0 Å². The number of hydrogen-bond acceptors (Lipinski definition) is 4. The molecule has 3 N–H and O–H groups in total. The van der Waals surface area contributed by atoms with Crippen molar-refractivity contribution in [1.82, 2.24) is 10.2 Å². The van der Waals surface area contributed by atoms with E-state index >= 15 is 0 Å². The lowest BCUT2D eigenvalue weighted by atomic mass is 9.96. The molecule has 6 heteroatoms. The molecule has 0 bridgehead atoms. The van der Waals surface area contributed by atoms with Crippen molar-refractivity contribution in [2.24, 2.45) is 11.7 Å². The third-order valence-corrected chi connectivity index (χ3v) is 3.31. The van der Waals surface area contributed by atoms with Gasteiger partial charge in [0.05, 0.1) is 5.92 Å². The molecule has 0 aromatic rings. The Kier molecular flexibility index (Phi) is 6.80. The number of carbonyl (C=O) groups excluding carboxylic acids is 2. The Labute approximate surface area is 114 Å². The number of carbonyl (C=O) groups is 2. The molecule has 0 aromatic carbocycles. The molecule has 1 saturated heterocycles. The molecular weight excluding hydrogens is 246 g/mol. The van der Waals surface area contributed by atoms with Crippen LogP contribution in [0.4, 0.5) is 0 Å². The molecule has 0 aliphatic carbocycles. The molecule has 2 atom stereocenters. The Morgan fingerprint density at radius 1 is 1.53 bits per heavy atom. The van der Waals surface area contributed by atoms with Gasteiger partial charge < -0.3 is 20.7 Å². The molecule has 1 aliphatic heterocycles. The second-order valence-corrected chi connectivity index (χ2v) is 4.80. The van der Waals surface area contributed by atoms with Crippen molar-refractivity contribution in [3.05, 3.63) is 0 Å². The van der Waals surface area contributed by atoms with Crippen molar-refractivity contribution in [3.8, 4) is 0 Å². The van der Waals surface area contributed by atoms with E-state index < -0.39 is 6.10 Å². The number of nitrogens with two attached hydrogens (primary N) is 1. The van der Waals surface area contributed by atoms with E-state index in [1.807, 2.05) is 6.92 Å². The zero-order chi connectivity index (χ0) is 14.3. The van der Waals surface area contributed by atoms with Crippen LogP contribution in [0.25, 0.3) is 0 Å². The van der Waals surface area contributed by atoms with Crippen molar-refractivity contribution in [2.75, 3.05) is 32.8 Å². The molecule has 6 nitrogen and oxygen atoms in total. The predicted molar refractivity (Wildman–Crippen MR) is 72.5 cm³/mol. The van der Waals surface area contributed by atoms with Gasteiger partial charge in [-0.1, -0.05) is 0 Å². The van der Waals surface area contributed by atoms with Crippen molar-refractivity contribution >= 4 is 11.8 Å². The molecule has 0 saturated carbocycles. The summed E-state index contributed by atoms with van der Waals surface area (Å²) in [5.74, 6) is -0.164. The van der Waals surface area contributed by atoms with Crippen LogP contribution in [-0.4, -0.2) is 55.6 Å². The molecule has 0 radical (unpaired) electrons. The van der Waals surface area contributed by atoms with Crippen LogP contribution in [0, 0.1) is 5.92 Å². The average Bonchev–Trinajstić information content (AvgIpc) is 2.44. The fraction of sp³-hybridized carbons (Fsp3) is 0.846. The van der Waals surface area contributed by atoms with Crippen LogP contribution in [-0.2, 0) is 14.3 Å². The molecule has 1 rings (SSSR count). The maximum absolute atomic E-state index is 12.1. The van der Waals surface area contributed by atoms with Gasteiger partial charge in [-0.3, -0.25) is 9.59 Å². The lowest BCUT2D eigenvalue weighted by Crippen LogP contribution is -2.48. The third kappa shape index (κ3) is 4.80. The van der Waals surface area contributed by atoms with E-state index in [9.17, 15) is 9.59 Å². The van der Waals surface area contributed by atoms with Crippen molar-refractivity contribution in [1.29, 1.82) is 0 Å². The van der Waals surface area contributed by atoms with Crippen LogP contribution in [0.3, 0.4) is 0 Å². The first-order valence-electron chi connectivity index (χ1n) is 6.98. The SMILES string of the molecule is CCOC(C)C(=O)N1CCCC(C(=O)NCCN)C1. The second-order valence-electron chi connectivity index (χ2n) is 4.80. The smallest absolute Gasteiger partial charge is 0.251 e. The molecule has 1 aliphatic rings. The Bertz CT molecular complexity index is 310. The summed E-state index contributed by atoms with van der Waals surface area (Å²) in [6.45, 7) is 6.23. The second kappa shape index (κ2) is 8.12.